The highest BCUT2D eigenvalue weighted by atomic mass is 32.1. The molecule has 112 valence electrons. The molecule has 1 aliphatic rings. The maximum absolute atomic E-state index is 12.0. The fraction of sp³-hybridized carbons (Fsp3) is 0.500. The standard InChI is InChI=1S/C14H19N5OS/c1-3-19-7-10(9(2)17-19)6-18-5-4-12-11(8-18)13(20)16-14(21)15-12/h7H,3-6,8H2,1-2H3,(H2,15,16,20,21). The zero-order chi connectivity index (χ0) is 15.0. The van der Waals surface area contributed by atoms with Crippen molar-refractivity contribution in [2.24, 2.45) is 0 Å². The molecule has 3 heterocycles. The Bertz CT molecular complexity index is 772. The first-order chi connectivity index (χ1) is 10.1. The molecule has 2 aromatic heterocycles. The number of H-pyrrole nitrogens is 2. The summed E-state index contributed by atoms with van der Waals surface area (Å²) in [4.78, 5) is 20.1. The minimum absolute atomic E-state index is 0.0700. The monoisotopic (exact) mass is 305 g/mol. The summed E-state index contributed by atoms with van der Waals surface area (Å²) in [5, 5.41) is 4.47. The van der Waals surface area contributed by atoms with Crippen LogP contribution in [0.1, 0.15) is 29.4 Å². The number of aromatic amines is 2. The van der Waals surface area contributed by atoms with Crippen LogP contribution in [0.3, 0.4) is 0 Å². The minimum atomic E-state index is -0.0700. The molecule has 2 N–H and O–H groups in total. The van der Waals surface area contributed by atoms with Crippen LogP contribution < -0.4 is 5.56 Å². The molecule has 3 rings (SSSR count). The number of aromatic nitrogens is 4. The first-order valence-electron chi connectivity index (χ1n) is 7.16. The summed E-state index contributed by atoms with van der Waals surface area (Å²) in [6.45, 7) is 7.37. The smallest absolute Gasteiger partial charge is 0.256 e. The largest absolute Gasteiger partial charge is 0.335 e. The number of rotatable bonds is 3. The fourth-order valence-electron chi connectivity index (χ4n) is 2.76. The highest BCUT2D eigenvalue weighted by Crippen LogP contribution is 2.17. The maximum atomic E-state index is 12.0. The molecule has 2 aromatic rings. The van der Waals surface area contributed by atoms with Crippen molar-refractivity contribution in [3.05, 3.63) is 43.8 Å². The van der Waals surface area contributed by atoms with Gasteiger partial charge in [-0.05, 0) is 26.1 Å². The predicted octanol–water partition coefficient (Wildman–Crippen LogP) is 1.52. The molecular weight excluding hydrogens is 286 g/mol. The molecule has 1 aliphatic heterocycles. The normalized spacial score (nSPS) is 15.1. The molecule has 0 aliphatic carbocycles. The van der Waals surface area contributed by atoms with E-state index >= 15 is 0 Å². The van der Waals surface area contributed by atoms with Crippen molar-refractivity contribution < 1.29 is 0 Å². The van der Waals surface area contributed by atoms with Gasteiger partial charge in [0.05, 0.1) is 11.3 Å². The van der Waals surface area contributed by atoms with Crippen molar-refractivity contribution in [3.63, 3.8) is 0 Å². The molecule has 0 saturated heterocycles. The van der Waals surface area contributed by atoms with Crippen molar-refractivity contribution >= 4 is 12.2 Å². The van der Waals surface area contributed by atoms with Gasteiger partial charge in [-0.25, -0.2) is 0 Å². The van der Waals surface area contributed by atoms with Gasteiger partial charge in [-0.1, -0.05) is 0 Å². The molecule has 0 fully saturated rings. The van der Waals surface area contributed by atoms with Gasteiger partial charge < -0.3 is 4.98 Å². The van der Waals surface area contributed by atoms with Crippen LogP contribution in [-0.4, -0.2) is 31.2 Å². The highest BCUT2D eigenvalue weighted by molar-refractivity contribution is 7.71. The van der Waals surface area contributed by atoms with Gasteiger partial charge in [0, 0.05) is 50.1 Å². The Morgan fingerprint density at radius 2 is 2.24 bits per heavy atom. The SMILES string of the molecule is CCn1cc(CN2CCc3[nH]c(=S)[nH]c(=O)c3C2)c(C)n1. The molecule has 0 unspecified atom stereocenters. The van der Waals surface area contributed by atoms with Crippen LogP contribution in [-0.2, 0) is 26.1 Å². The molecule has 0 amide bonds. The molecular formula is C14H19N5OS. The summed E-state index contributed by atoms with van der Waals surface area (Å²) in [6, 6.07) is 0. The lowest BCUT2D eigenvalue weighted by molar-refractivity contribution is 0.241. The second-order valence-corrected chi connectivity index (χ2v) is 5.83. The van der Waals surface area contributed by atoms with Crippen LogP contribution in [0.25, 0.3) is 0 Å². The van der Waals surface area contributed by atoms with Crippen molar-refractivity contribution in [2.75, 3.05) is 6.54 Å². The minimum Gasteiger partial charge on any atom is -0.335 e. The number of nitrogens with zero attached hydrogens (tertiary/aromatic N) is 3. The van der Waals surface area contributed by atoms with Crippen LogP contribution in [0, 0.1) is 11.7 Å². The van der Waals surface area contributed by atoms with Gasteiger partial charge >= 0.3 is 0 Å². The Morgan fingerprint density at radius 1 is 1.43 bits per heavy atom. The number of fused-ring (bicyclic) bond motifs is 1. The lowest BCUT2D eigenvalue weighted by Crippen LogP contribution is -2.35. The second-order valence-electron chi connectivity index (χ2n) is 5.42. The Hall–Kier alpha value is -1.73. The maximum Gasteiger partial charge on any atom is 0.256 e. The molecule has 0 saturated carbocycles. The quantitative estimate of drug-likeness (QED) is 0.844. The van der Waals surface area contributed by atoms with E-state index in [1.165, 1.54) is 5.56 Å². The molecule has 7 heteroatoms. The van der Waals surface area contributed by atoms with E-state index in [9.17, 15) is 4.79 Å². The number of hydrogen-bond donors (Lipinski definition) is 2. The van der Waals surface area contributed by atoms with Gasteiger partial charge in [0.25, 0.3) is 5.56 Å². The Labute approximate surface area is 127 Å². The Balaban J connectivity index is 1.81. The Kier molecular flexibility index (Phi) is 3.77. The third-order valence-corrected chi connectivity index (χ3v) is 4.16. The van der Waals surface area contributed by atoms with Crippen LogP contribution in [0.5, 0.6) is 0 Å². The molecule has 0 bridgehead atoms. The van der Waals surface area contributed by atoms with E-state index in [0.717, 1.165) is 43.0 Å². The van der Waals surface area contributed by atoms with E-state index in [1.54, 1.807) is 0 Å². The third kappa shape index (κ3) is 2.84. The van der Waals surface area contributed by atoms with Gasteiger partial charge in [-0.15, -0.1) is 0 Å². The van der Waals surface area contributed by atoms with E-state index in [-0.39, 0.29) is 5.56 Å². The van der Waals surface area contributed by atoms with Crippen LogP contribution >= 0.6 is 12.2 Å². The third-order valence-electron chi connectivity index (χ3n) is 3.96. The number of hydrogen-bond acceptors (Lipinski definition) is 4. The average Bonchev–Trinajstić information content (AvgIpc) is 2.80. The number of nitrogens with one attached hydrogen (secondary N) is 2. The van der Waals surface area contributed by atoms with Crippen molar-refractivity contribution in [2.45, 2.75) is 39.9 Å². The lowest BCUT2D eigenvalue weighted by Gasteiger charge is -2.27. The molecule has 0 radical (unpaired) electrons. The molecule has 0 spiro atoms. The summed E-state index contributed by atoms with van der Waals surface area (Å²) < 4.78 is 2.36. The van der Waals surface area contributed by atoms with E-state index in [4.69, 9.17) is 12.2 Å². The highest BCUT2D eigenvalue weighted by Gasteiger charge is 2.20. The first kappa shape index (κ1) is 14.2. The van der Waals surface area contributed by atoms with E-state index in [1.807, 2.05) is 11.6 Å². The summed E-state index contributed by atoms with van der Waals surface area (Å²) in [6.07, 6.45) is 2.91. The first-order valence-corrected chi connectivity index (χ1v) is 7.57. The van der Waals surface area contributed by atoms with Crippen LogP contribution in [0.15, 0.2) is 11.0 Å². The molecule has 0 atom stereocenters. The van der Waals surface area contributed by atoms with Gasteiger partial charge in [0.2, 0.25) is 0 Å². The van der Waals surface area contributed by atoms with E-state index in [2.05, 4.69) is 33.1 Å². The molecule has 21 heavy (non-hydrogen) atoms. The molecule has 6 nitrogen and oxygen atoms in total. The zero-order valence-electron chi connectivity index (χ0n) is 12.3. The number of aryl methyl sites for hydroxylation is 2. The predicted molar refractivity (Wildman–Crippen MR) is 82.7 cm³/mol. The lowest BCUT2D eigenvalue weighted by atomic mass is 10.1. The van der Waals surface area contributed by atoms with E-state index < -0.39 is 0 Å². The summed E-state index contributed by atoms with van der Waals surface area (Å²) in [5.41, 5.74) is 3.99. The topological polar surface area (TPSA) is 69.7 Å². The fourth-order valence-corrected chi connectivity index (χ4v) is 2.98. The summed E-state index contributed by atoms with van der Waals surface area (Å²) >= 11 is 5.02. The second kappa shape index (κ2) is 5.57. The Morgan fingerprint density at radius 3 is 2.95 bits per heavy atom. The average molecular weight is 305 g/mol. The molecule has 0 aromatic carbocycles. The van der Waals surface area contributed by atoms with Crippen LogP contribution in [0.4, 0.5) is 0 Å². The van der Waals surface area contributed by atoms with Crippen molar-refractivity contribution in [1.82, 2.24) is 24.6 Å². The summed E-state index contributed by atoms with van der Waals surface area (Å²) in [7, 11) is 0. The van der Waals surface area contributed by atoms with Gasteiger partial charge in [0.1, 0.15) is 0 Å². The van der Waals surface area contributed by atoms with Crippen LogP contribution in [0.2, 0.25) is 0 Å². The van der Waals surface area contributed by atoms with Gasteiger partial charge in [-0.3, -0.25) is 19.4 Å². The van der Waals surface area contributed by atoms with Crippen molar-refractivity contribution in [3.8, 4) is 0 Å². The zero-order valence-corrected chi connectivity index (χ0v) is 13.1. The van der Waals surface area contributed by atoms with Gasteiger partial charge in [0.15, 0.2) is 4.77 Å². The van der Waals surface area contributed by atoms with E-state index in [0.29, 0.717) is 11.3 Å². The summed E-state index contributed by atoms with van der Waals surface area (Å²) in [5.74, 6) is 0. The van der Waals surface area contributed by atoms with Crippen molar-refractivity contribution in [1.29, 1.82) is 0 Å². The van der Waals surface area contributed by atoms with Gasteiger partial charge in [-0.2, -0.15) is 5.10 Å².